The van der Waals surface area contributed by atoms with Crippen molar-refractivity contribution in [3.8, 4) is 29.0 Å². The van der Waals surface area contributed by atoms with E-state index in [0.29, 0.717) is 35.9 Å². The molecule has 12 nitrogen and oxygen atoms in total. The zero-order valence-corrected chi connectivity index (χ0v) is 27.9. The number of aromatic nitrogens is 1. The third-order valence-electron chi connectivity index (χ3n) is 8.98. The van der Waals surface area contributed by atoms with Crippen LogP contribution in [0.25, 0.3) is 0 Å². The van der Waals surface area contributed by atoms with Gasteiger partial charge < -0.3 is 38.9 Å². The molecule has 5 rings (SSSR count). The van der Waals surface area contributed by atoms with Gasteiger partial charge in [0.1, 0.15) is 6.54 Å². The molecule has 2 aromatic carbocycles. The number of aromatic hydroxyl groups is 2. The van der Waals surface area contributed by atoms with Crippen molar-refractivity contribution in [3.05, 3.63) is 59.7 Å². The van der Waals surface area contributed by atoms with Crippen LogP contribution in [-0.4, -0.2) is 102 Å². The van der Waals surface area contributed by atoms with Gasteiger partial charge in [0.05, 0.1) is 40.7 Å². The summed E-state index contributed by atoms with van der Waals surface area (Å²) < 4.78 is 18.9. The number of aliphatic carboxylic acids is 1. The molecule has 0 radical (unpaired) electrons. The van der Waals surface area contributed by atoms with Gasteiger partial charge in [0, 0.05) is 55.0 Å². The van der Waals surface area contributed by atoms with E-state index in [9.17, 15) is 24.9 Å². The number of carboxylic acids is 1. The Bertz CT molecular complexity index is 1560. The van der Waals surface area contributed by atoms with Crippen LogP contribution in [0.5, 0.6) is 29.0 Å². The van der Waals surface area contributed by atoms with Gasteiger partial charge in [-0.15, -0.1) is 0 Å². The van der Waals surface area contributed by atoms with Crippen molar-refractivity contribution in [2.45, 2.75) is 51.2 Å². The van der Waals surface area contributed by atoms with E-state index < -0.39 is 23.8 Å². The quantitative estimate of drug-likeness (QED) is 0.219. The van der Waals surface area contributed by atoms with Gasteiger partial charge in [0.25, 0.3) is 0 Å². The van der Waals surface area contributed by atoms with E-state index in [1.165, 1.54) is 23.8 Å². The van der Waals surface area contributed by atoms with Crippen LogP contribution in [0.1, 0.15) is 43.2 Å². The molecule has 2 aliphatic heterocycles. The Balaban J connectivity index is 1.48. The Morgan fingerprint density at radius 2 is 1.81 bits per heavy atom. The first kappa shape index (κ1) is 33.9. The van der Waals surface area contributed by atoms with Gasteiger partial charge in [0.2, 0.25) is 18.4 Å². The fourth-order valence-corrected chi connectivity index (χ4v) is 6.83. The summed E-state index contributed by atoms with van der Waals surface area (Å²) >= 11 is 0. The molecule has 254 valence electrons. The summed E-state index contributed by atoms with van der Waals surface area (Å²) in [4.78, 5) is 31.1. The molecule has 1 saturated heterocycles. The molecule has 3 atom stereocenters. The number of benzene rings is 2. The summed E-state index contributed by atoms with van der Waals surface area (Å²) in [5.41, 5.74) is 2.65. The molecule has 0 spiro atoms. The molecule has 0 saturated carbocycles. The van der Waals surface area contributed by atoms with E-state index >= 15 is 0 Å². The lowest BCUT2D eigenvalue weighted by atomic mass is 9.84. The number of carbonyl (C=O) groups is 2. The zero-order chi connectivity index (χ0) is 33.9. The minimum atomic E-state index is -0.997. The van der Waals surface area contributed by atoms with E-state index in [0.717, 1.165) is 35.1 Å². The largest absolute Gasteiger partial charge is 0.494 e. The number of nitrogens with zero attached hydrogens (tertiary/aromatic N) is 4. The summed E-state index contributed by atoms with van der Waals surface area (Å²) in [7, 11) is 7.89. The van der Waals surface area contributed by atoms with Gasteiger partial charge in [-0.1, -0.05) is 25.5 Å². The average molecular weight is 652 g/mol. The summed E-state index contributed by atoms with van der Waals surface area (Å²) in [5.74, 6) is -1.35. The number of ether oxygens (including phenoxy) is 3. The number of rotatable bonds is 14. The van der Waals surface area contributed by atoms with Gasteiger partial charge >= 0.3 is 5.97 Å². The molecular weight excluding hydrogens is 604 g/mol. The van der Waals surface area contributed by atoms with Crippen LogP contribution in [0.2, 0.25) is 0 Å². The third-order valence-corrected chi connectivity index (χ3v) is 8.98. The maximum Gasteiger partial charge on any atom is 0.308 e. The first-order valence-electron chi connectivity index (χ1n) is 16.1. The number of anilines is 1. The van der Waals surface area contributed by atoms with E-state index in [2.05, 4.69) is 40.2 Å². The zero-order valence-electron chi connectivity index (χ0n) is 27.9. The maximum atomic E-state index is 14.3. The van der Waals surface area contributed by atoms with Crippen molar-refractivity contribution in [2.24, 2.45) is 5.92 Å². The van der Waals surface area contributed by atoms with Crippen molar-refractivity contribution in [2.75, 3.05) is 59.6 Å². The van der Waals surface area contributed by atoms with Gasteiger partial charge in [-0.25, -0.2) is 0 Å². The van der Waals surface area contributed by atoms with Crippen molar-refractivity contribution >= 4 is 17.6 Å². The molecule has 0 bridgehead atoms. The lowest BCUT2D eigenvalue weighted by molar-refractivity contribution is -0.884. The van der Waals surface area contributed by atoms with Crippen molar-refractivity contribution < 1.29 is 43.6 Å². The molecule has 12 heteroatoms. The highest BCUT2D eigenvalue weighted by Gasteiger charge is 2.47. The SMILES string of the molecule is CCCCN(C(=O)CN1C[C@H](c2cc(OC)c3c(c2)OCO3)C(C(=O)O)[C@@H]1CCn1c(O)ccc1O)c1cccc(C[N+](C)(C)C)c1. The molecule has 3 N–H and O–H groups in total. The number of amides is 1. The minimum Gasteiger partial charge on any atom is -0.494 e. The molecule has 0 aliphatic carbocycles. The molecule has 1 aromatic heterocycles. The number of likely N-dealkylation sites (tertiary alicyclic amines) is 1. The van der Waals surface area contributed by atoms with Crippen molar-refractivity contribution in [3.63, 3.8) is 0 Å². The van der Waals surface area contributed by atoms with Crippen molar-refractivity contribution in [1.82, 2.24) is 9.47 Å². The fourth-order valence-electron chi connectivity index (χ4n) is 6.83. The maximum absolute atomic E-state index is 14.3. The number of carboxylic acid groups (broad SMARTS) is 1. The second-order valence-corrected chi connectivity index (χ2v) is 13.4. The highest BCUT2D eigenvalue weighted by molar-refractivity contribution is 5.95. The minimum absolute atomic E-state index is 0.000445. The van der Waals surface area contributed by atoms with Crippen LogP contribution in [0.3, 0.4) is 0 Å². The molecule has 1 amide bonds. The van der Waals surface area contributed by atoms with Crippen LogP contribution >= 0.6 is 0 Å². The summed E-state index contributed by atoms with van der Waals surface area (Å²) in [6, 6.07) is 13.8. The van der Waals surface area contributed by atoms with E-state index in [-0.39, 0.29) is 44.0 Å². The number of fused-ring (bicyclic) bond motifs is 1. The molecule has 1 fully saturated rings. The van der Waals surface area contributed by atoms with Gasteiger partial charge in [-0.05, 0) is 42.7 Å². The Morgan fingerprint density at radius 3 is 2.47 bits per heavy atom. The number of methoxy groups -OCH3 is 1. The summed E-state index contributed by atoms with van der Waals surface area (Å²) in [6.45, 7) is 3.92. The Kier molecular flexibility index (Phi) is 10.2. The van der Waals surface area contributed by atoms with Crippen LogP contribution in [-0.2, 0) is 22.7 Å². The number of hydrogen-bond acceptors (Lipinski definition) is 8. The number of carbonyl (C=O) groups excluding carboxylic acids is 1. The first-order chi connectivity index (χ1) is 22.4. The van der Waals surface area contributed by atoms with Crippen LogP contribution in [0, 0.1) is 5.92 Å². The molecule has 3 heterocycles. The second-order valence-electron chi connectivity index (χ2n) is 13.4. The first-order valence-corrected chi connectivity index (χ1v) is 16.1. The third kappa shape index (κ3) is 7.60. The Morgan fingerprint density at radius 1 is 1.06 bits per heavy atom. The Hall–Kier alpha value is -4.42. The average Bonchev–Trinajstić information content (AvgIpc) is 3.72. The normalized spacial score (nSPS) is 19.2. The molecule has 47 heavy (non-hydrogen) atoms. The second kappa shape index (κ2) is 14.1. The highest BCUT2D eigenvalue weighted by Crippen LogP contribution is 2.47. The van der Waals surface area contributed by atoms with Gasteiger partial charge in [-0.2, -0.15) is 0 Å². The standard InChI is InChI=1S/C35H46N4O8/c1-6-7-14-37(25-10-8-9-23(16-25)21-39(2,3)4)32(42)20-36-19-26(24-17-28(45-5)34-29(18-24)46-22-47-34)33(35(43)44)27(36)13-15-38-30(40)11-12-31(38)41/h8-12,16-18,26-27,33H,6-7,13-15,19-22H2,1-5H3,(H2-,40,41,43,44)/p+1/t26-,27+,33?/m1/s1. The predicted octanol–water partition coefficient (Wildman–Crippen LogP) is 4.24. The van der Waals surface area contributed by atoms with Crippen molar-refractivity contribution in [1.29, 1.82) is 0 Å². The lowest BCUT2D eigenvalue weighted by Crippen LogP contribution is -2.45. The van der Waals surface area contributed by atoms with Crippen LogP contribution in [0.15, 0.2) is 48.5 Å². The predicted molar refractivity (Wildman–Crippen MR) is 176 cm³/mol. The number of hydrogen-bond donors (Lipinski definition) is 3. The van der Waals surface area contributed by atoms with E-state index in [1.807, 2.05) is 21.9 Å². The van der Waals surface area contributed by atoms with E-state index in [1.54, 1.807) is 12.1 Å². The molecule has 3 aromatic rings. The topological polar surface area (TPSA) is 134 Å². The number of quaternary nitrogens is 1. The molecular formula is C35H47N4O8+. The van der Waals surface area contributed by atoms with E-state index in [4.69, 9.17) is 14.2 Å². The molecule has 2 aliphatic rings. The lowest BCUT2D eigenvalue weighted by Gasteiger charge is -2.30. The molecule has 1 unspecified atom stereocenters. The van der Waals surface area contributed by atoms with Crippen LogP contribution in [0.4, 0.5) is 5.69 Å². The fraction of sp³-hybridized carbons (Fsp3) is 0.486. The smallest absolute Gasteiger partial charge is 0.308 e. The van der Waals surface area contributed by atoms with Crippen LogP contribution < -0.4 is 19.1 Å². The Labute approximate surface area is 275 Å². The monoisotopic (exact) mass is 651 g/mol. The number of unbranched alkanes of at least 4 members (excludes halogenated alkanes) is 1. The summed E-state index contributed by atoms with van der Waals surface area (Å²) in [6.07, 6.45) is 2.00. The van der Waals surface area contributed by atoms with Gasteiger partial charge in [-0.3, -0.25) is 19.1 Å². The summed E-state index contributed by atoms with van der Waals surface area (Å²) in [5, 5.41) is 31.3. The highest BCUT2D eigenvalue weighted by atomic mass is 16.7. The van der Waals surface area contributed by atoms with Gasteiger partial charge in [0.15, 0.2) is 23.3 Å².